The van der Waals surface area contributed by atoms with Gasteiger partial charge in [0.15, 0.2) is 0 Å². The first-order valence-corrected chi connectivity index (χ1v) is 8.21. The van der Waals surface area contributed by atoms with Crippen LogP contribution in [0.4, 0.5) is 0 Å². The first-order chi connectivity index (χ1) is 9.22. The van der Waals surface area contributed by atoms with Crippen molar-refractivity contribution in [3.8, 4) is 0 Å². The number of nitrogens with one attached hydrogen (secondary N) is 1. The van der Waals surface area contributed by atoms with Crippen LogP contribution in [0, 0.1) is 23.7 Å². The molecule has 3 fully saturated rings. The van der Waals surface area contributed by atoms with Crippen molar-refractivity contribution in [3.63, 3.8) is 0 Å². The van der Waals surface area contributed by atoms with Crippen molar-refractivity contribution < 1.29 is 9.84 Å². The van der Waals surface area contributed by atoms with E-state index in [1.807, 2.05) is 0 Å². The van der Waals surface area contributed by atoms with E-state index >= 15 is 0 Å². The molecule has 5 unspecified atom stereocenters. The molecule has 3 saturated carbocycles. The van der Waals surface area contributed by atoms with E-state index in [0.717, 1.165) is 30.3 Å². The van der Waals surface area contributed by atoms with Crippen LogP contribution in [-0.4, -0.2) is 37.0 Å². The average Bonchev–Trinajstić information content (AvgIpc) is 2.99. The van der Waals surface area contributed by atoms with E-state index in [1.54, 1.807) is 0 Å². The second kappa shape index (κ2) is 6.11. The Balaban J connectivity index is 1.30. The van der Waals surface area contributed by atoms with Crippen LogP contribution in [0.3, 0.4) is 0 Å². The van der Waals surface area contributed by atoms with Crippen molar-refractivity contribution in [2.24, 2.45) is 23.7 Å². The molecule has 0 spiro atoms. The van der Waals surface area contributed by atoms with Gasteiger partial charge in [0.2, 0.25) is 0 Å². The van der Waals surface area contributed by atoms with Crippen molar-refractivity contribution in [1.29, 1.82) is 0 Å². The lowest BCUT2D eigenvalue weighted by atomic mass is 9.84. The van der Waals surface area contributed by atoms with Crippen LogP contribution in [0.25, 0.3) is 0 Å². The van der Waals surface area contributed by atoms with Gasteiger partial charge >= 0.3 is 0 Å². The smallest absolute Gasteiger partial charge is 0.0897 e. The van der Waals surface area contributed by atoms with Crippen molar-refractivity contribution >= 4 is 0 Å². The first-order valence-electron chi connectivity index (χ1n) is 8.21. The highest BCUT2D eigenvalue weighted by molar-refractivity contribution is 4.94. The highest BCUT2D eigenvalue weighted by atomic mass is 16.5. The highest BCUT2D eigenvalue weighted by Crippen LogP contribution is 2.49. The number of aliphatic hydroxyl groups is 1. The maximum absolute atomic E-state index is 9.92. The monoisotopic (exact) mass is 267 g/mol. The maximum atomic E-state index is 9.92. The van der Waals surface area contributed by atoms with E-state index in [9.17, 15) is 5.11 Å². The zero-order chi connectivity index (χ0) is 13.2. The first kappa shape index (κ1) is 13.8. The minimum atomic E-state index is -0.347. The lowest BCUT2D eigenvalue weighted by Crippen LogP contribution is -2.41. The van der Waals surface area contributed by atoms with Crippen molar-refractivity contribution in [2.75, 3.05) is 19.8 Å². The van der Waals surface area contributed by atoms with Crippen LogP contribution in [0.15, 0.2) is 0 Å². The van der Waals surface area contributed by atoms with E-state index < -0.39 is 0 Å². The van der Waals surface area contributed by atoms with E-state index in [0.29, 0.717) is 19.2 Å². The van der Waals surface area contributed by atoms with Gasteiger partial charge in [-0.3, -0.25) is 0 Å². The molecule has 110 valence electrons. The molecule has 0 amide bonds. The van der Waals surface area contributed by atoms with Gasteiger partial charge < -0.3 is 15.2 Å². The molecule has 3 rings (SSSR count). The summed E-state index contributed by atoms with van der Waals surface area (Å²) in [6.45, 7) is 4.31. The Kier molecular flexibility index (Phi) is 4.45. The Bertz CT molecular complexity index is 292. The van der Waals surface area contributed by atoms with Crippen LogP contribution in [0.2, 0.25) is 0 Å². The van der Waals surface area contributed by atoms with Gasteiger partial charge in [0.1, 0.15) is 0 Å². The second-order valence-corrected chi connectivity index (χ2v) is 7.17. The summed E-state index contributed by atoms with van der Waals surface area (Å²) in [6.07, 6.45) is 8.06. The quantitative estimate of drug-likeness (QED) is 0.708. The fraction of sp³-hybridized carbons (Fsp3) is 1.00. The van der Waals surface area contributed by atoms with Crippen molar-refractivity contribution in [3.05, 3.63) is 0 Å². The predicted octanol–water partition coefficient (Wildman–Crippen LogP) is 2.19. The molecule has 0 saturated heterocycles. The van der Waals surface area contributed by atoms with Gasteiger partial charge in [0.25, 0.3) is 0 Å². The molecular weight excluding hydrogens is 238 g/mol. The fourth-order valence-corrected chi connectivity index (χ4v) is 4.09. The number of ether oxygens (including phenoxy) is 1. The predicted molar refractivity (Wildman–Crippen MR) is 76.0 cm³/mol. The number of fused-ring (bicyclic) bond motifs is 2. The Morgan fingerprint density at radius 2 is 2.05 bits per heavy atom. The third-order valence-corrected chi connectivity index (χ3v) is 5.47. The van der Waals surface area contributed by atoms with E-state index in [2.05, 4.69) is 12.2 Å². The third kappa shape index (κ3) is 3.71. The molecule has 3 aliphatic rings. The van der Waals surface area contributed by atoms with E-state index in [-0.39, 0.29) is 6.10 Å². The third-order valence-electron chi connectivity index (χ3n) is 5.47. The number of rotatable bonds is 8. The summed E-state index contributed by atoms with van der Waals surface area (Å²) in [4.78, 5) is 0. The summed E-state index contributed by atoms with van der Waals surface area (Å²) < 4.78 is 5.54. The summed E-state index contributed by atoms with van der Waals surface area (Å²) >= 11 is 0. The van der Waals surface area contributed by atoms with Crippen molar-refractivity contribution in [1.82, 2.24) is 5.32 Å². The normalized spacial score (nSPS) is 36.6. The molecule has 0 aromatic rings. The lowest BCUT2D eigenvalue weighted by molar-refractivity contribution is 0.0300. The zero-order valence-electron chi connectivity index (χ0n) is 12.2. The molecule has 5 atom stereocenters. The molecular formula is C16H29NO2. The summed E-state index contributed by atoms with van der Waals surface area (Å²) in [7, 11) is 0. The maximum Gasteiger partial charge on any atom is 0.0897 e. The Labute approximate surface area is 117 Å². The summed E-state index contributed by atoms with van der Waals surface area (Å²) in [5.74, 6) is 3.59. The SMILES string of the molecule is CC(NCC(O)COCC1CC1)C1CC2CCC1C2. The molecule has 0 heterocycles. The standard InChI is InChI=1S/C16H29NO2/c1-11(16-7-13-4-5-14(16)6-13)17-8-15(18)10-19-9-12-2-3-12/h11-18H,2-10H2,1H3. The number of aliphatic hydroxyl groups excluding tert-OH is 1. The lowest BCUT2D eigenvalue weighted by Gasteiger charge is -2.29. The molecule has 0 aromatic carbocycles. The van der Waals surface area contributed by atoms with Gasteiger partial charge in [-0.25, -0.2) is 0 Å². The molecule has 0 aromatic heterocycles. The number of hydrogen-bond acceptors (Lipinski definition) is 3. The molecule has 2 N–H and O–H groups in total. The molecule has 0 radical (unpaired) electrons. The molecule has 3 aliphatic carbocycles. The molecule has 0 aliphatic heterocycles. The second-order valence-electron chi connectivity index (χ2n) is 7.17. The summed E-state index contributed by atoms with van der Waals surface area (Å²) in [5.41, 5.74) is 0. The zero-order valence-corrected chi connectivity index (χ0v) is 12.2. The minimum Gasteiger partial charge on any atom is -0.389 e. The van der Waals surface area contributed by atoms with Gasteiger partial charge in [-0.05, 0) is 62.7 Å². The minimum absolute atomic E-state index is 0.347. The van der Waals surface area contributed by atoms with Crippen LogP contribution in [0.1, 0.15) is 45.4 Å². The fourth-order valence-electron chi connectivity index (χ4n) is 4.09. The van der Waals surface area contributed by atoms with Gasteiger partial charge in [-0.2, -0.15) is 0 Å². The topological polar surface area (TPSA) is 41.5 Å². The van der Waals surface area contributed by atoms with Crippen LogP contribution in [-0.2, 0) is 4.74 Å². The average molecular weight is 267 g/mol. The summed E-state index contributed by atoms with van der Waals surface area (Å²) in [6, 6.07) is 0.549. The van der Waals surface area contributed by atoms with E-state index in [4.69, 9.17) is 4.74 Å². The Hall–Kier alpha value is -0.120. The van der Waals surface area contributed by atoms with Crippen LogP contribution < -0.4 is 5.32 Å². The van der Waals surface area contributed by atoms with E-state index in [1.165, 1.54) is 38.5 Å². The number of hydrogen-bond donors (Lipinski definition) is 2. The van der Waals surface area contributed by atoms with Gasteiger partial charge in [0.05, 0.1) is 12.7 Å². The Morgan fingerprint density at radius 1 is 1.21 bits per heavy atom. The van der Waals surface area contributed by atoms with Gasteiger partial charge in [-0.15, -0.1) is 0 Å². The Morgan fingerprint density at radius 3 is 2.68 bits per heavy atom. The molecule has 3 nitrogen and oxygen atoms in total. The van der Waals surface area contributed by atoms with Crippen LogP contribution >= 0.6 is 0 Å². The van der Waals surface area contributed by atoms with Crippen molar-refractivity contribution in [2.45, 2.75) is 57.6 Å². The molecule has 2 bridgehead atoms. The highest BCUT2D eigenvalue weighted by Gasteiger charge is 2.41. The molecule has 3 heteroatoms. The molecule has 19 heavy (non-hydrogen) atoms. The van der Waals surface area contributed by atoms with Gasteiger partial charge in [-0.1, -0.05) is 6.42 Å². The van der Waals surface area contributed by atoms with Crippen LogP contribution in [0.5, 0.6) is 0 Å². The largest absolute Gasteiger partial charge is 0.389 e. The summed E-state index contributed by atoms with van der Waals surface area (Å²) in [5, 5.41) is 13.5. The van der Waals surface area contributed by atoms with Gasteiger partial charge in [0, 0.05) is 19.2 Å².